The van der Waals surface area contributed by atoms with Crippen LogP contribution in [0.15, 0.2) is 53.1 Å². The van der Waals surface area contributed by atoms with E-state index in [1.54, 1.807) is 12.3 Å². The number of nitrogens with zero attached hydrogens (tertiary/aromatic N) is 1. The van der Waals surface area contributed by atoms with E-state index < -0.39 is 11.7 Å². The maximum absolute atomic E-state index is 13.5. The standard InChI is InChI=1S/C20H14BrFN2O4/c1-26-16-4-3-12(22)6-14(16)20(25)24-19-5-2-11(9-23-19)13-7-17-18(8-15(13)21)28-10-27-17/h2-9H,10H2,1H3,(H,23,24,25). The lowest BCUT2D eigenvalue weighted by Gasteiger charge is -2.10. The van der Waals surface area contributed by atoms with Crippen molar-refractivity contribution in [1.29, 1.82) is 0 Å². The van der Waals surface area contributed by atoms with Gasteiger partial charge in [0.1, 0.15) is 17.4 Å². The largest absolute Gasteiger partial charge is 0.496 e. The molecule has 8 heteroatoms. The van der Waals surface area contributed by atoms with Crippen LogP contribution in [0.25, 0.3) is 11.1 Å². The molecule has 28 heavy (non-hydrogen) atoms. The molecule has 0 bridgehead atoms. The van der Waals surface area contributed by atoms with Crippen molar-refractivity contribution in [2.75, 3.05) is 19.2 Å². The maximum atomic E-state index is 13.5. The van der Waals surface area contributed by atoms with Gasteiger partial charge in [-0.1, -0.05) is 15.9 Å². The smallest absolute Gasteiger partial charge is 0.260 e. The van der Waals surface area contributed by atoms with Gasteiger partial charge in [0.2, 0.25) is 6.79 Å². The average Bonchev–Trinajstić information content (AvgIpc) is 3.15. The molecule has 2 heterocycles. The molecule has 2 aromatic carbocycles. The number of anilines is 1. The average molecular weight is 445 g/mol. The highest BCUT2D eigenvalue weighted by atomic mass is 79.9. The number of pyridine rings is 1. The van der Waals surface area contributed by atoms with Gasteiger partial charge in [-0.15, -0.1) is 0 Å². The summed E-state index contributed by atoms with van der Waals surface area (Å²) in [5.41, 5.74) is 1.79. The molecule has 3 aromatic rings. The molecule has 0 saturated heterocycles. The Balaban J connectivity index is 1.56. The van der Waals surface area contributed by atoms with Gasteiger partial charge >= 0.3 is 0 Å². The number of fused-ring (bicyclic) bond motifs is 1. The fraction of sp³-hybridized carbons (Fsp3) is 0.100. The lowest BCUT2D eigenvalue weighted by Crippen LogP contribution is -2.14. The highest BCUT2D eigenvalue weighted by molar-refractivity contribution is 9.10. The quantitative estimate of drug-likeness (QED) is 0.634. The van der Waals surface area contributed by atoms with E-state index in [9.17, 15) is 9.18 Å². The molecule has 0 unspecified atom stereocenters. The van der Waals surface area contributed by atoms with Gasteiger partial charge in [0.25, 0.3) is 5.91 Å². The number of hydrogen-bond acceptors (Lipinski definition) is 5. The SMILES string of the molecule is COc1ccc(F)cc1C(=O)Nc1ccc(-c2cc3c(cc2Br)OCO3)cn1. The summed E-state index contributed by atoms with van der Waals surface area (Å²) in [5, 5.41) is 2.64. The number of rotatable bonds is 4. The van der Waals surface area contributed by atoms with Crippen LogP contribution in [0, 0.1) is 5.82 Å². The van der Waals surface area contributed by atoms with Crippen LogP contribution in [-0.2, 0) is 0 Å². The second-order valence-corrected chi connectivity index (χ2v) is 6.77. The van der Waals surface area contributed by atoms with E-state index in [4.69, 9.17) is 14.2 Å². The van der Waals surface area contributed by atoms with Crippen LogP contribution in [0.1, 0.15) is 10.4 Å². The molecule has 1 amide bonds. The topological polar surface area (TPSA) is 69.7 Å². The van der Waals surface area contributed by atoms with E-state index in [-0.39, 0.29) is 18.1 Å². The van der Waals surface area contributed by atoms with Crippen molar-refractivity contribution in [1.82, 2.24) is 4.98 Å². The number of ether oxygens (including phenoxy) is 3. The summed E-state index contributed by atoms with van der Waals surface area (Å²) >= 11 is 3.52. The number of carbonyl (C=O) groups is 1. The summed E-state index contributed by atoms with van der Waals surface area (Å²) in [4.78, 5) is 16.7. The number of benzene rings is 2. The van der Waals surface area contributed by atoms with E-state index in [0.717, 1.165) is 21.7 Å². The van der Waals surface area contributed by atoms with Crippen molar-refractivity contribution < 1.29 is 23.4 Å². The Labute approximate surface area is 168 Å². The summed E-state index contributed by atoms with van der Waals surface area (Å²) in [7, 11) is 1.42. The number of carbonyl (C=O) groups excluding carboxylic acids is 1. The molecule has 0 spiro atoms. The van der Waals surface area contributed by atoms with Crippen LogP contribution >= 0.6 is 15.9 Å². The van der Waals surface area contributed by atoms with Crippen LogP contribution in [-0.4, -0.2) is 24.8 Å². The molecule has 6 nitrogen and oxygen atoms in total. The van der Waals surface area contributed by atoms with Crippen LogP contribution < -0.4 is 19.5 Å². The molecular weight excluding hydrogens is 431 g/mol. The van der Waals surface area contributed by atoms with Crippen molar-refractivity contribution in [2.45, 2.75) is 0 Å². The van der Waals surface area contributed by atoms with Crippen molar-refractivity contribution in [2.24, 2.45) is 0 Å². The van der Waals surface area contributed by atoms with Gasteiger partial charge in [0.05, 0.1) is 12.7 Å². The number of methoxy groups -OCH3 is 1. The van der Waals surface area contributed by atoms with Crippen LogP contribution in [0.3, 0.4) is 0 Å². The zero-order chi connectivity index (χ0) is 19.7. The third-order valence-electron chi connectivity index (χ3n) is 4.18. The summed E-state index contributed by atoms with van der Waals surface area (Å²) in [5.74, 6) is 0.907. The Morgan fingerprint density at radius 3 is 2.68 bits per heavy atom. The van der Waals surface area contributed by atoms with Gasteiger partial charge in [-0.05, 0) is 42.5 Å². The molecule has 142 valence electrons. The summed E-state index contributed by atoms with van der Waals surface area (Å²) in [6.07, 6.45) is 1.63. The molecular formula is C20H14BrFN2O4. The summed E-state index contributed by atoms with van der Waals surface area (Å²) in [6.45, 7) is 0.192. The second-order valence-electron chi connectivity index (χ2n) is 5.92. The first-order valence-electron chi connectivity index (χ1n) is 8.25. The van der Waals surface area contributed by atoms with Gasteiger partial charge < -0.3 is 19.5 Å². The summed E-state index contributed by atoms with van der Waals surface area (Å²) in [6, 6.07) is 10.9. The Bertz CT molecular complexity index is 1060. The minimum absolute atomic E-state index is 0.0897. The molecule has 0 fully saturated rings. The fourth-order valence-corrected chi connectivity index (χ4v) is 3.36. The zero-order valence-corrected chi connectivity index (χ0v) is 16.2. The fourth-order valence-electron chi connectivity index (χ4n) is 2.81. The van der Waals surface area contributed by atoms with Gasteiger partial charge in [-0.2, -0.15) is 0 Å². The molecule has 1 aromatic heterocycles. The van der Waals surface area contributed by atoms with Crippen molar-refractivity contribution in [3.8, 4) is 28.4 Å². The second kappa shape index (κ2) is 7.47. The predicted octanol–water partition coefficient (Wildman–Crippen LogP) is 4.64. The first-order chi connectivity index (χ1) is 13.5. The van der Waals surface area contributed by atoms with Crippen molar-refractivity contribution >= 4 is 27.7 Å². The minimum atomic E-state index is -0.526. The number of amides is 1. The third kappa shape index (κ3) is 3.50. The van der Waals surface area contributed by atoms with Gasteiger partial charge in [0, 0.05) is 21.8 Å². The highest BCUT2D eigenvalue weighted by Crippen LogP contribution is 2.41. The number of hydrogen-bond donors (Lipinski definition) is 1. The van der Waals surface area contributed by atoms with E-state index in [1.165, 1.54) is 19.2 Å². The molecule has 0 atom stereocenters. The summed E-state index contributed by atoms with van der Waals surface area (Å²) < 4.78 is 30.2. The number of nitrogens with one attached hydrogen (secondary N) is 1. The Morgan fingerprint density at radius 2 is 1.96 bits per heavy atom. The van der Waals surface area contributed by atoms with E-state index >= 15 is 0 Å². The van der Waals surface area contributed by atoms with Crippen molar-refractivity contribution in [3.63, 3.8) is 0 Å². The lowest BCUT2D eigenvalue weighted by atomic mass is 10.1. The zero-order valence-electron chi connectivity index (χ0n) is 14.7. The molecule has 1 N–H and O–H groups in total. The number of aromatic nitrogens is 1. The van der Waals surface area contributed by atoms with E-state index in [0.29, 0.717) is 17.3 Å². The normalized spacial score (nSPS) is 12.0. The van der Waals surface area contributed by atoms with E-state index in [1.807, 2.05) is 18.2 Å². The third-order valence-corrected chi connectivity index (χ3v) is 4.84. The molecule has 0 aliphatic carbocycles. The minimum Gasteiger partial charge on any atom is -0.496 e. The Kier molecular flexibility index (Phi) is 4.87. The maximum Gasteiger partial charge on any atom is 0.260 e. The molecule has 1 aliphatic heterocycles. The monoisotopic (exact) mass is 444 g/mol. The van der Waals surface area contributed by atoms with E-state index in [2.05, 4.69) is 26.2 Å². The van der Waals surface area contributed by atoms with Crippen molar-refractivity contribution in [3.05, 3.63) is 64.5 Å². The Morgan fingerprint density at radius 1 is 1.18 bits per heavy atom. The first-order valence-corrected chi connectivity index (χ1v) is 9.05. The lowest BCUT2D eigenvalue weighted by molar-refractivity contribution is 0.102. The van der Waals surface area contributed by atoms with Crippen LogP contribution in [0.2, 0.25) is 0 Å². The highest BCUT2D eigenvalue weighted by Gasteiger charge is 2.18. The Hall–Kier alpha value is -3.13. The van der Waals surface area contributed by atoms with Gasteiger partial charge in [-0.3, -0.25) is 4.79 Å². The molecule has 1 aliphatic rings. The predicted molar refractivity (Wildman–Crippen MR) is 104 cm³/mol. The molecule has 4 rings (SSSR count). The first kappa shape index (κ1) is 18.2. The van der Waals surface area contributed by atoms with Gasteiger partial charge in [0.15, 0.2) is 11.5 Å². The van der Waals surface area contributed by atoms with Crippen LogP contribution in [0.5, 0.6) is 17.2 Å². The number of halogens is 2. The molecule has 0 saturated carbocycles. The van der Waals surface area contributed by atoms with Crippen LogP contribution in [0.4, 0.5) is 10.2 Å². The van der Waals surface area contributed by atoms with Gasteiger partial charge in [-0.25, -0.2) is 9.37 Å². The molecule has 0 radical (unpaired) electrons.